The normalized spacial score (nSPS) is 11.8. The molecule has 0 amide bonds. The third kappa shape index (κ3) is 2.84. The van der Waals surface area contributed by atoms with Crippen LogP contribution in [0.4, 0.5) is 5.69 Å². The maximum Gasteiger partial charge on any atom is 0.265 e. The summed E-state index contributed by atoms with van der Waals surface area (Å²) in [5.41, 5.74) is 4.03. The van der Waals surface area contributed by atoms with Crippen molar-refractivity contribution in [2.24, 2.45) is 0 Å². The lowest BCUT2D eigenvalue weighted by Crippen LogP contribution is -2.14. The number of fused-ring (bicyclic) bond motifs is 1. The molecule has 0 saturated heterocycles. The molecule has 26 heavy (non-hydrogen) atoms. The van der Waals surface area contributed by atoms with E-state index in [1.54, 1.807) is 26.0 Å². The molecule has 4 rings (SSSR count). The summed E-state index contributed by atoms with van der Waals surface area (Å²) in [6, 6.07) is 12.9. The highest BCUT2D eigenvalue weighted by Gasteiger charge is 2.22. The molecule has 1 aromatic carbocycles. The molecule has 0 aliphatic rings. The van der Waals surface area contributed by atoms with Crippen LogP contribution in [-0.2, 0) is 10.0 Å². The SMILES string of the molecule is Cc1n[nH]c(C)c1S(=O)(=O)Nc1ccc(-c2cn3ccccc3n2)cc1. The molecule has 0 saturated carbocycles. The van der Waals surface area contributed by atoms with Crippen LogP contribution in [0.15, 0.2) is 59.8 Å². The molecule has 0 radical (unpaired) electrons. The summed E-state index contributed by atoms with van der Waals surface area (Å²) in [6.07, 6.45) is 3.87. The molecule has 0 aliphatic carbocycles. The first-order chi connectivity index (χ1) is 12.4. The van der Waals surface area contributed by atoms with E-state index in [2.05, 4.69) is 19.9 Å². The minimum Gasteiger partial charge on any atom is -0.306 e. The van der Waals surface area contributed by atoms with Gasteiger partial charge in [-0.2, -0.15) is 5.10 Å². The van der Waals surface area contributed by atoms with E-state index >= 15 is 0 Å². The average molecular weight is 367 g/mol. The number of nitrogens with one attached hydrogen (secondary N) is 2. The number of aromatic nitrogens is 4. The second-order valence-electron chi connectivity index (χ2n) is 6.04. The van der Waals surface area contributed by atoms with Crippen molar-refractivity contribution in [2.75, 3.05) is 4.72 Å². The summed E-state index contributed by atoms with van der Waals surface area (Å²) in [5.74, 6) is 0. The first kappa shape index (κ1) is 16.3. The summed E-state index contributed by atoms with van der Waals surface area (Å²) in [4.78, 5) is 4.75. The molecule has 0 bridgehead atoms. The van der Waals surface area contributed by atoms with Crippen LogP contribution in [-0.4, -0.2) is 28.0 Å². The van der Waals surface area contributed by atoms with Crippen LogP contribution < -0.4 is 4.72 Å². The molecule has 3 aromatic heterocycles. The number of sulfonamides is 1. The Morgan fingerprint density at radius 3 is 2.50 bits per heavy atom. The van der Waals surface area contributed by atoms with E-state index in [0.29, 0.717) is 17.1 Å². The molecule has 132 valence electrons. The summed E-state index contributed by atoms with van der Waals surface area (Å²) in [5, 5.41) is 6.64. The van der Waals surface area contributed by atoms with Crippen LogP contribution in [0.2, 0.25) is 0 Å². The van der Waals surface area contributed by atoms with Crippen LogP contribution >= 0.6 is 0 Å². The lowest BCUT2D eigenvalue weighted by Gasteiger charge is -2.08. The van der Waals surface area contributed by atoms with Crippen molar-refractivity contribution in [1.82, 2.24) is 19.6 Å². The monoisotopic (exact) mass is 367 g/mol. The minimum atomic E-state index is -3.69. The fourth-order valence-electron chi connectivity index (χ4n) is 2.93. The van der Waals surface area contributed by atoms with Crippen LogP contribution in [0, 0.1) is 13.8 Å². The lowest BCUT2D eigenvalue weighted by atomic mass is 10.1. The standard InChI is InChI=1S/C18H17N5O2S/c1-12-18(13(2)21-20-12)26(24,25)22-15-8-6-14(7-9-15)16-11-23-10-4-3-5-17(23)19-16/h3-11,22H,1-2H3,(H,20,21). The highest BCUT2D eigenvalue weighted by Crippen LogP contribution is 2.24. The van der Waals surface area contributed by atoms with E-state index in [-0.39, 0.29) is 4.90 Å². The molecular weight excluding hydrogens is 350 g/mol. The largest absolute Gasteiger partial charge is 0.306 e. The summed E-state index contributed by atoms with van der Waals surface area (Å²) in [6.45, 7) is 3.34. The van der Waals surface area contributed by atoms with Crippen LogP contribution in [0.5, 0.6) is 0 Å². The van der Waals surface area contributed by atoms with E-state index in [1.165, 1.54) is 0 Å². The average Bonchev–Trinajstić information content (AvgIpc) is 3.18. The Kier molecular flexibility index (Phi) is 3.77. The van der Waals surface area contributed by atoms with Gasteiger partial charge in [-0.3, -0.25) is 9.82 Å². The molecule has 0 spiro atoms. The van der Waals surface area contributed by atoms with Gasteiger partial charge in [-0.1, -0.05) is 18.2 Å². The third-order valence-corrected chi connectivity index (χ3v) is 5.77. The molecule has 0 atom stereocenters. The van der Waals surface area contributed by atoms with Gasteiger partial charge >= 0.3 is 0 Å². The number of hydrogen-bond acceptors (Lipinski definition) is 4. The highest BCUT2D eigenvalue weighted by atomic mass is 32.2. The zero-order valence-corrected chi connectivity index (χ0v) is 15.1. The molecule has 0 unspecified atom stereocenters. The van der Waals surface area contributed by atoms with E-state index < -0.39 is 10.0 Å². The second-order valence-corrected chi connectivity index (χ2v) is 7.66. The number of H-pyrrole nitrogens is 1. The Balaban J connectivity index is 1.62. The zero-order valence-electron chi connectivity index (χ0n) is 14.3. The number of anilines is 1. The van der Waals surface area contributed by atoms with Gasteiger partial charge in [0, 0.05) is 23.6 Å². The van der Waals surface area contributed by atoms with Crippen molar-refractivity contribution in [2.45, 2.75) is 18.7 Å². The van der Waals surface area contributed by atoms with Crippen molar-refractivity contribution in [3.8, 4) is 11.3 Å². The first-order valence-electron chi connectivity index (χ1n) is 8.02. The van der Waals surface area contributed by atoms with Gasteiger partial charge < -0.3 is 4.40 Å². The van der Waals surface area contributed by atoms with Gasteiger partial charge in [0.1, 0.15) is 10.5 Å². The van der Waals surface area contributed by atoms with Gasteiger partial charge in [0.15, 0.2) is 0 Å². The highest BCUT2D eigenvalue weighted by molar-refractivity contribution is 7.92. The number of aromatic amines is 1. The van der Waals surface area contributed by atoms with Crippen LogP contribution in [0.25, 0.3) is 16.9 Å². The molecule has 0 aliphatic heterocycles. The Hall–Kier alpha value is -3.13. The van der Waals surface area contributed by atoms with Gasteiger partial charge in [0.2, 0.25) is 0 Å². The third-order valence-electron chi connectivity index (χ3n) is 4.13. The Bertz CT molecular complexity index is 1140. The van der Waals surface area contributed by atoms with Crippen molar-refractivity contribution in [1.29, 1.82) is 0 Å². The predicted octanol–water partition coefficient (Wildman–Crippen LogP) is 3.14. The van der Waals surface area contributed by atoms with Gasteiger partial charge in [0.25, 0.3) is 10.0 Å². The maximum atomic E-state index is 12.6. The van der Waals surface area contributed by atoms with Crippen molar-refractivity contribution < 1.29 is 8.42 Å². The molecule has 0 fully saturated rings. The number of benzene rings is 1. The number of nitrogens with zero attached hydrogens (tertiary/aromatic N) is 3. The van der Waals surface area contributed by atoms with Gasteiger partial charge in [-0.25, -0.2) is 13.4 Å². The number of imidazole rings is 1. The quantitative estimate of drug-likeness (QED) is 0.580. The number of aryl methyl sites for hydroxylation is 2. The van der Waals surface area contributed by atoms with Gasteiger partial charge in [-0.05, 0) is 38.1 Å². The zero-order chi connectivity index (χ0) is 18.3. The van der Waals surface area contributed by atoms with E-state index in [9.17, 15) is 8.42 Å². The fraction of sp³-hybridized carbons (Fsp3) is 0.111. The van der Waals surface area contributed by atoms with Crippen molar-refractivity contribution in [3.05, 3.63) is 66.2 Å². The molecular formula is C18H17N5O2S. The van der Waals surface area contributed by atoms with Gasteiger partial charge in [-0.15, -0.1) is 0 Å². The Morgan fingerprint density at radius 1 is 1.08 bits per heavy atom. The van der Waals surface area contributed by atoms with Crippen LogP contribution in [0.3, 0.4) is 0 Å². The van der Waals surface area contributed by atoms with E-state index in [4.69, 9.17) is 0 Å². The Morgan fingerprint density at radius 2 is 1.85 bits per heavy atom. The second kappa shape index (κ2) is 5.99. The van der Waals surface area contributed by atoms with Gasteiger partial charge in [0.05, 0.1) is 17.1 Å². The van der Waals surface area contributed by atoms with Crippen LogP contribution in [0.1, 0.15) is 11.4 Å². The number of rotatable bonds is 4. The van der Waals surface area contributed by atoms with Crippen molar-refractivity contribution >= 4 is 21.4 Å². The fourth-order valence-corrected chi connectivity index (χ4v) is 4.36. The van der Waals surface area contributed by atoms with Crippen molar-refractivity contribution in [3.63, 3.8) is 0 Å². The smallest absolute Gasteiger partial charge is 0.265 e. The molecule has 3 heterocycles. The summed E-state index contributed by atoms with van der Waals surface area (Å²) < 4.78 is 29.7. The number of pyridine rings is 1. The molecule has 4 aromatic rings. The Labute approximate surface area is 150 Å². The van der Waals surface area contributed by atoms with E-state index in [1.807, 2.05) is 47.1 Å². The topological polar surface area (TPSA) is 92.1 Å². The van der Waals surface area contributed by atoms with E-state index in [0.717, 1.165) is 16.9 Å². The molecule has 7 nitrogen and oxygen atoms in total. The molecule has 2 N–H and O–H groups in total. The summed E-state index contributed by atoms with van der Waals surface area (Å²) in [7, 11) is -3.69. The maximum absolute atomic E-state index is 12.6. The molecule has 8 heteroatoms. The first-order valence-corrected chi connectivity index (χ1v) is 9.51. The lowest BCUT2D eigenvalue weighted by molar-refractivity contribution is 0.600. The summed E-state index contributed by atoms with van der Waals surface area (Å²) >= 11 is 0. The number of hydrogen-bond donors (Lipinski definition) is 2. The minimum absolute atomic E-state index is 0.182. The predicted molar refractivity (Wildman–Crippen MR) is 99.5 cm³/mol.